The lowest BCUT2D eigenvalue weighted by molar-refractivity contribution is -0.150. The number of ether oxygens (including phenoxy) is 1. The highest BCUT2D eigenvalue weighted by molar-refractivity contribution is 6.31. The van der Waals surface area contributed by atoms with Gasteiger partial charge in [0.15, 0.2) is 0 Å². The highest BCUT2D eigenvalue weighted by Gasteiger charge is 2.43. The molecule has 0 heterocycles. The van der Waals surface area contributed by atoms with Gasteiger partial charge < -0.3 is 15.2 Å². The number of aliphatic carboxylic acids is 1. The van der Waals surface area contributed by atoms with Crippen LogP contribution in [0.3, 0.4) is 0 Å². The van der Waals surface area contributed by atoms with E-state index in [-0.39, 0.29) is 18.4 Å². The molecule has 0 atom stereocenters. The molecule has 2 aromatic carbocycles. The smallest absolute Gasteiger partial charge is 0.329 e. The highest BCUT2D eigenvalue weighted by Crippen LogP contribution is 2.31. The molecule has 2 aromatic rings. The van der Waals surface area contributed by atoms with Crippen molar-refractivity contribution in [2.24, 2.45) is 0 Å². The summed E-state index contributed by atoms with van der Waals surface area (Å²) in [5.41, 5.74) is 1.24. The highest BCUT2D eigenvalue weighted by atomic mass is 35.5. The Morgan fingerprint density at radius 2 is 1.72 bits per heavy atom. The number of benzene rings is 2. The predicted molar refractivity (Wildman–Crippen MR) is 113 cm³/mol. The average Bonchev–Trinajstić information content (AvgIpc) is 2.70. The maximum atomic E-state index is 12.7. The standard InChI is InChI=1S/C22H23Cl2NO4/c1-29-18-8-10-22(11-9-18,21(27)28)25-20(26)13-16-12-15(4-7-19(16)24)14-2-5-17(23)6-3-14/h2-7,12,18H,8-11,13H2,1H3,(H,25,26)(H,27,28). The summed E-state index contributed by atoms with van der Waals surface area (Å²) in [5, 5.41) is 13.6. The van der Waals surface area contributed by atoms with Gasteiger partial charge in [0.05, 0.1) is 12.5 Å². The second-order valence-corrected chi connectivity index (χ2v) is 8.20. The number of carboxylic acids is 1. The summed E-state index contributed by atoms with van der Waals surface area (Å²) in [7, 11) is 1.62. The van der Waals surface area contributed by atoms with Crippen LogP contribution in [0.4, 0.5) is 0 Å². The Labute approximate surface area is 180 Å². The normalized spacial score (nSPS) is 21.6. The van der Waals surface area contributed by atoms with E-state index in [0.29, 0.717) is 41.3 Å². The van der Waals surface area contributed by atoms with Gasteiger partial charge >= 0.3 is 5.97 Å². The van der Waals surface area contributed by atoms with Crippen molar-refractivity contribution in [2.45, 2.75) is 43.7 Å². The maximum absolute atomic E-state index is 12.7. The van der Waals surface area contributed by atoms with Gasteiger partial charge in [0, 0.05) is 17.2 Å². The minimum Gasteiger partial charge on any atom is -0.480 e. The summed E-state index contributed by atoms with van der Waals surface area (Å²) < 4.78 is 5.31. The molecule has 154 valence electrons. The number of carbonyl (C=O) groups excluding carboxylic acids is 1. The lowest BCUT2D eigenvalue weighted by atomic mass is 9.80. The van der Waals surface area contributed by atoms with E-state index in [1.165, 1.54) is 0 Å². The van der Waals surface area contributed by atoms with E-state index in [1.54, 1.807) is 25.3 Å². The van der Waals surface area contributed by atoms with Gasteiger partial charge in [0.25, 0.3) is 0 Å². The van der Waals surface area contributed by atoms with Crippen molar-refractivity contribution in [1.82, 2.24) is 5.32 Å². The molecule has 7 heteroatoms. The number of rotatable bonds is 6. The summed E-state index contributed by atoms with van der Waals surface area (Å²) in [6.45, 7) is 0. The molecule has 1 saturated carbocycles. The number of halogens is 2. The molecular formula is C22H23Cl2NO4. The van der Waals surface area contributed by atoms with Gasteiger partial charge in [-0.1, -0.05) is 41.4 Å². The molecule has 0 saturated heterocycles. The Morgan fingerprint density at radius 3 is 2.31 bits per heavy atom. The first-order valence-electron chi connectivity index (χ1n) is 9.44. The molecular weight excluding hydrogens is 413 g/mol. The summed E-state index contributed by atoms with van der Waals surface area (Å²) in [6, 6.07) is 12.8. The third kappa shape index (κ3) is 5.10. The largest absolute Gasteiger partial charge is 0.480 e. The maximum Gasteiger partial charge on any atom is 0.329 e. The number of carboxylic acid groups (broad SMARTS) is 1. The number of hydrogen-bond acceptors (Lipinski definition) is 3. The quantitative estimate of drug-likeness (QED) is 0.687. The third-order valence-electron chi connectivity index (χ3n) is 5.48. The number of nitrogens with one attached hydrogen (secondary N) is 1. The van der Waals surface area contributed by atoms with Crippen molar-refractivity contribution in [2.75, 3.05) is 7.11 Å². The van der Waals surface area contributed by atoms with Gasteiger partial charge in [0.1, 0.15) is 5.54 Å². The van der Waals surface area contributed by atoms with Crippen LogP contribution in [0.5, 0.6) is 0 Å². The van der Waals surface area contributed by atoms with Crippen molar-refractivity contribution in [3.8, 4) is 11.1 Å². The van der Waals surface area contributed by atoms with Crippen LogP contribution in [-0.4, -0.2) is 35.7 Å². The summed E-state index contributed by atoms with van der Waals surface area (Å²) in [5.74, 6) is -1.38. The molecule has 2 N–H and O–H groups in total. The zero-order valence-electron chi connectivity index (χ0n) is 16.1. The summed E-state index contributed by atoms with van der Waals surface area (Å²) >= 11 is 12.2. The van der Waals surface area contributed by atoms with Crippen LogP contribution in [0.25, 0.3) is 11.1 Å². The zero-order valence-corrected chi connectivity index (χ0v) is 17.6. The predicted octanol–water partition coefficient (Wildman–Crippen LogP) is 4.73. The second-order valence-electron chi connectivity index (χ2n) is 7.36. The first-order valence-corrected chi connectivity index (χ1v) is 10.2. The SMILES string of the molecule is COC1CCC(NC(=O)Cc2cc(-c3ccc(Cl)cc3)ccc2Cl)(C(=O)O)CC1. The third-order valence-corrected chi connectivity index (χ3v) is 6.10. The van der Waals surface area contributed by atoms with Crippen molar-refractivity contribution in [1.29, 1.82) is 0 Å². The molecule has 1 fully saturated rings. The van der Waals surface area contributed by atoms with Crippen LogP contribution in [0.2, 0.25) is 10.0 Å². The summed E-state index contributed by atoms with van der Waals surface area (Å²) in [4.78, 5) is 24.6. The second kappa shape index (κ2) is 9.16. The fourth-order valence-corrected chi connectivity index (χ4v) is 4.04. The molecule has 29 heavy (non-hydrogen) atoms. The van der Waals surface area contributed by atoms with Crippen LogP contribution < -0.4 is 5.32 Å². The van der Waals surface area contributed by atoms with Crippen molar-refractivity contribution < 1.29 is 19.4 Å². The zero-order chi connectivity index (χ0) is 21.0. The fraction of sp³-hybridized carbons (Fsp3) is 0.364. The number of carbonyl (C=O) groups is 2. The molecule has 3 rings (SSSR count). The van der Waals surface area contributed by atoms with Gasteiger partial charge in [-0.3, -0.25) is 4.79 Å². The van der Waals surface area contributed by atoms with Crippen LogP contribution >= 0.6 is 23.2 Å². The average molecular weight is 436 g/mol. The Hall–Kier alpha value is -2.08. The van der Waals surface area contributed by atoms with Gasteiger partial charge in [-0.15, -0.1) is 0 Å². The first kappa shape index (κ1) is 21.6. The van der Waals surface area contributed by atoms with Gasteiger partial charge in [-0.05, 0) is 66.6 Å². The lowest BCUT2D eigenvalue weighted by Crippen LogP contribution is -2.57. The Bertz CT molecular complexity index is 890. The van der Waals surface area contributed by atoms with E-state index < -0.39 is 11.5 Å². The molecule has 0 unspecified atom stereocenters. The van der Waals surface area contributed by atoms with Gasteiger partial charge in [-0.2, -0.15) is 0 Å². The molecule has 1 aliphatic carbocycles. The molecule has 0 radical (unpaired) electrons. The number of amides is 1. The Morgan fingerprint density at radius 1 is 1.10 bits per heavy atom. The summed E-state index contributed by atoms with van der Waals surface area (Å²) in [6.07, 6.45) is 1.90. The van der Waals surface area contributed by atoms with Crippen molar-refractivity contribution in [3.05, 3.63) is 58.1 Å². The van der Waals surface area contributed by atoms with Crippen LogP contribution in [0.15, 0.2) is 42.5 Å². The van der Waals surface area contributed by atoms with Gasteiger partial charge in [-0.25, -0.2) is 4.79 Å². The van der Waals surface area contributed by atoms with Crippen LogP contribution in [0, 0.1) is 0 Å². The van der Waals surface area contributed by atoms with E-state index in [1.807, 2.05) is 24.3 Å². The number of hydrogen-bond donors (Lipinski definition) is 2. The monoisotopic (exact) mass is 435 g/mol. The molecule has 0 bridgehead atoms. The topological polar surface area (TPSA) is 75.6 Å². The molecule has 1 aliphatic rings. The Kier molecular flexibility index (Phi) is 6.83. The minimum absolute atomic E-state index is 0.00298. The van der Waals surface area contributed by atoms with Gasteiger partial charge in [0.2, 0.25) is 5.91 Å². The van der Waals surface area contributed by atoms with Crippen molar-refractivity contribution in [3.63, 3.8) is 0 Å². The van der Waals surface area contributed by atoms with Crippen LogP contribution in [-0.2, 0) is 20.7 Å². The van der Waals surface area contributed by atoms with E-state index in [9.17, 15) is 14.7 Å². The number of methoxy groups -OCH3 is 1. The molecule has 1 amide bonds. The molecule has 5 nitrogen and oxygen atoms in total. The minimum atomic E-state index is -1.26. The van der Waals surface area contributed by atoms with E-state index in [0.717, 1.165) is 11.1 Å². The molecule has 0 aliphatic heterocycles. The van der Waals surface area contributed by atoms with E-state index >= 15 is 0 Å². The molecule has 0 spiro atoms. The fourth-order valence-electron chi connectivity index (χ4n) is 3.73. The molecule has 0 aromatic heterocycles. The van der Waals surface area contributed by atoms with E-state index in [4.69, 9.17) is 27.9 Å². The van der Waals surface area contributed by atoms with Crippen LogP contribution in [0.1, 0.15) is 31.2 Å². The first-order chi connectivity index (χ1) is 13.8. The lowest BCUT2D eigenvalue weighted by Gasteiger charge is -2.37. The van der Waals surface area contributed by atoms with Crippen molar-refractivity contribution >= 4 is 35.1 Å². The Balaban J connectivity index is 1.75. The van der Waals surface area contributed by atoms with E-state index in [2.05, 4.69) is 5.32 Å².